The molecule has 1 rings (SSSR count). The smallest absolute Gasteiger partial charge is 0.326 e. The van der Waals surface area contributed by atoms with Crippen molar-refractivity contribution in [1.82, 2.24) is 5.32 Å². The number of hydrogen-bond donors (Lipinski definition) is 3. The largest absolute Gasteiger partial charge is 0.480 e. The summed E-state index contributed by atoms with van der Waals surface area (Å²) in [4.78, 5) is 22.9. The van der Waals surface area contributed by atoms with Crippen molar-refractivity contribution in [3.05, 3.63) is 29.3 Å². The van der Waals surface area contributed by atoms with Crippen molar-refractivity contribution in [2.75, 3.05) is 5.32 Å². The third-order valence-corrected chi connectivity index (χ3v) is 2.93. The van der Waals surface area contributed by atoms with Gasteiger partial charge in [0, 0.05) is 5.69 Å². The molecule has 110 valence electrons. The van der Waals surface area contributed by atoms with Crippen LogP contribution in [0.1, 0.15) is 37.3 Å². The van der Waals surface area contributed by atoms with Crippen LogP contribution in [0.2, 0.25) is 0 Å². The zero-order chi connectivity index (χ0) is 15.1. The lowest BCUT2D eigenvalue weighted by Crippen LogP contribution is -2.42. The highest BCUT2D eigenvalue weighted by Gasteiger charge is 2.19. The number of hydrogen-bond acceptors (Lipinski definition) is 2. The van der Waals surface area contributed by atoms with Gasteiger partial charge in [-0.05, 0) is 43.5 Å². The molecule has 5 nitrogen and oxygen atoms in total. The molecule has 0 saturated heterocycles. The number of carboxylic acid groups (broad SMARTS) is 1. The van der Waals surface area contributed by atoms with Gasteiger partial charge in [-0.25, -0.2) is 9.59 Å². The van der Waals surface area contributed by atoms with Gasteiger partial charge in [-0.15, -0.1) is 0 Å². The molecule has 0 saturated carbocycles. The van der Waals surface area contributed by atoms with Crippen LogP contribution < -0.4 is 10.6 Å². The molecular formula is C15H22N2O3. The number of benzene rings is 1. The number of aryl methyl sites for hydroxylation is 2. The van der Waals surface area contributed by atoms with Crippen molar-refractivity contribution in [2.45, 2.75) is 46.1 Å². The first-order valence-corrected chi connectivity index (χ1v) is 6.81. The predicted molar refractivity (Wildman–Crippen MR) is 79.0 cm³/mol. The van der Waals surface area contributed by atoms with Crippen LogP contribution in [0.4, 0.5) is 10.5 Å². The molecule has 0 bridgehead atoms. The minimum atomic E-state index is -1.01. The van der Waals surface area contributed by atoms with Crippen molar-refractivity contribution in [3.63, 3.8) is 0 Å². The maximum Gasteiger partial charge on any atom is 0.326 e. The van der Waals surface area contributed by atoms with E-state index < -0.39 is 18.0 Å². The highest BCUT2D eigenvalue weighted by Crippen LogP contribution is 2.13. The Kier molecular flexibility index (Phi) is 6.03. The topological polar surface area (TPSA) is 78.4 Å². The van der Waals surface area contributed by atoms with Crippen molar-refractivity contribution < 1.29 is 14.7 Å². The SMILES string of the molecule is CCCCC(NC(=O)Nc1cc(C)cc(C)c1)C(=O)O. The molecule has 1 aromatic rings. The molecule has 0 heterocycles. The fourth-order valence-electron chi connectivity index (χ4n) is 2.04. The summed E-state index contributed by atoms with van der Waals surface area (Å²) < 4.78 is 0. The van der Waals surface area contributed by atoms with Crippen LogP contribution in [0.15, 0.2) is 18.2 Å². The van der Waals surface area contributed by atoms with Gasteiger partial charge in [0.05, 0.1) is 0 Å². The summed E-state index contributed by atoms with van der Waals surface area (Å²) in [7, 11) is 0. The van der Waals surface area contributed by atoms with E-state index in [4.69, 9.17) is 5.11 Å². The number of carbonyl (C=O) groups excluding carboxylic acids is 1. The van der Waals surface area contributed by atoms with E-state index in [2.05, 4.69) is 10.6 Å². The van der Waals surface area contributed by atoms with Gasteiger partial charge in [-0.3, -0.25) is 0 Å². The maximum absolute atomic E-state index is 11.8. The summed E-state index contributed by atoms with van der Waals surface area (Å²) in [5.74, 6) is -1.01. The Balaban J connectivity index is 2.63. The fraction of sp³-hybridized carbons (Fsp3) is 0.467. The van der Waals surface area contributed by atoms with Crippen LogP contribution in [0.25, 0.3) is 0 Å². The number of rotatable bonds is 6. The van der Waals surface area contributed by atoms with E-state index in [0.29, 0.717) is 12.1 Å². The molecule has 0 aliphatic rings. The number of urea groups is 1. The molecule has 0 spiro atoms. The first kappa shape index (κ1) is 16.0. The number of nitrogens with one attached hydrogen (secondary N) is 2. The summed E-state index contributed by atoms with van der Waals surface area (Å²) in [6.45, 7) is 5.86. The molecule has 0 aliphatic heterocycles. The highest BCUT2D eigenvalue weighted by atomic mass is 16.4. The average molecular weight is 278 g/mol. The quantitative estimate of drug-likeness (QED) is 0.748. The molecule has 20 heavy (non-hydrogen) atoms. The molecule has 1 atom stereocenters. The van der Waals surface area contributed by atoms with Gasteiger partial charge in [0.25, 0.3) is 0 Å². The zero-order valence-corrected chi connectivity index (χ0v) is 12.2. The lowest BCUT2D eigenvalue weighted by molar-refractivity contribution is -0.139. The molecule has 3 N–H and O–H groups in total. The van der Waals surface area contributed by atoms with Gasteiger partial charge < -0.3 is 15.7 Å². The number of carboxylic acids is 1. The average Bonchev–Trinajstić information content (AvgIpc) is 2.32. The first-order valence-electron chi connectivity index (χ1n) is 6.81. The van der Waals surface area contributed by atoms with Gasteiger partial charge in [0.1, 0.15) is 6.04 Å². The second-order valence-corrected chi connectivity index (χ2v) is 5.01. The number of carbonyl (C=O) groups is 2. The van der Waals surface area contributed by atoms with Crippen molar-refractivity contribution in [3.8, 4) is 0 Å². The van der Waals surface area contributed by atoms with E-state index in [1.807, 2.05) is 39.0 Å². The minimum absolute atomic E-state index is 0.437. The highest BCUT2D eigenvalue weighted by molar-refractivity contribution is 5.92. The van der Waals surface area contributed by atoms with Gasteiger partial charge >= 0.3 is 12.0 Å². The van der Waals surface area contributed by atoms with Crippen LogP contribution in [0, 0.1) is 13.8 Å². The van der Waals surface area contributed by atoms with E-state index in [0.717, 1.165) is 24.0 Å². The predicted octanol–water partition coefficient (Wildman–Crippen LogP) is 3.07. The van der Waals surface area contributed by atoms with Crippen molar-refractivity contribution in [2.24, 2.45) is 0 Å². The van der Waals surface area contributed by atoms with E-state index in [1.54, 1.807) is 0 Å². The monoisotopic (exact) mass is 278 g/mol. The summed E-state index contributed by atoms with van der Waals surface area (Å²) >= 11 is 0. The molecule has 2 amide bonds. The molecule has 0 aliphatic carbocycles. The summed E-state index contributed by atoms with van der Waals surface area (Å²) in [5, 5.41) is 14.2. The maximum atomic E-state index is 11.8. The molecule has 0 aromatic heterocycles. The Morgan fingerprint density at radius 2 is 1.80 bits per heavy atom. The van der Waals surface area contributed by atoms with Gasteiger partial charge in [0.15, 0.2) is 0 Å². The van der Waals surface area contributed by atoms with Gasteiger partial charge in [0.2, 0.25) is 0 Å². The molecule has 0 radical (unpaired) electrons. The van der Waals surface area contributed by atoms with Crippen molar-refractivity contribution in [1.29, 1.82) is 0 Å². The Hall–Kier alpha value is -2.04. The van der Waals surface area contributed by atoms with Crippen LogP contribution in [0.3, 0.4) is 0 Å². The first-order chi connectivity index (χ1) is 9.42. The Bertz CT molecular complexity index is 466. The summed E-state index contributed by atoms with van der Waals surface area (Å²) in [5.41, 5.74) is 2.75. The standard InChI is InChI=1S/C15H22N2O3/c1-4-5-6-13(14(18)19)17-15(20)16-12-8-10(2)7-11(3)9-12/h7-9,13H,4-6H2,1-3H3,(H,18,19)(H2,16,17,20). The molecule has 0 fully saturated rings. The van der Waals surface area contributed by atoms with E-state index in [-0.39, 0.29) is 0 Å². The summed E-state index contributed by atoms with van der Waals surface area (Å²) in [6.07, 6.45) is 2.09. The van der Waals surface area contributed by atoms with Gasteiger partial charge in [-0.2, -0.15) is 0 Å². The van der Waals surface area contributed by atoms with Crippen LogP contribution in [-0.4, -0.2) is 23.1 Å². The van der Waals surface area contributed by atoms with Crippen LogP contribution in [-0.2, 0) is 4.79 Å². The fourth-order valence-corrected chi connectivity index (χ4v) is 2.04. The lowest BCUT2D eigenvalue weighted by Gasteiger charge is -2.15. The number of anilines is 1. The lowest BCUT2D eigenvalue weighted by atomic mass is 10.1. The minimum Gasteiger partial charge on any atom is -0.480 e. The molecule has 1 unspecified atom stereocenters. The summed E-state index contributed by atoms with van der Waals surface area (Å²) in [6, 6.07) is 4.35. The molecule has 1 aromatic carbocycles. The normalized spacial score (nSPS) is 11.8. The number of aliphatic carboxylic acids is 1. The van der Waals surface area contributed by atoms with Crippen molar-refractivity contribution >= 4 is 17.7 Å². The van der Waals surface area contributed by atoms with E-state index >= 15 is 0 Å². The Morgan fingerprint density at radius 1 is 1.20 bits per heavy atom. The number of unbranched alkanes of at least 4 members (excludes halogenated alkanes) is 1. The van der Waals surface area contributed by atoms with Crippen LogP contribution in [0.5, 0.6) is 0 Å². The Labute approximate surface area is 119 Å². The second-order valence-electron chi connectivity index (χ2n) is 5.01. The molecular weight excluding hydrogens is 256 g/mol. The Morgan fingerprint density at radius 3 is 2.30 bits per heavy atom. The van der Waals surface area contributed by atoms with Crippen LogP contribution >= 0.6 is 0 Å². The zero-order valence-electron chi connectivity index (χ0n) is 12.2. The number of amides is 2. The molecule has 5 heteroatoms. The van der Waals surface area contributed by atoms with E-state index in [1.165, 1.54) is 0 Å². The second kappa shape index (κ2) is 7.53. The van der Waals surface area contributed by atoms with Gasteiger partial charge in [-0.1, -0.05) is 25.8 Å². The third-order valence-electron chi connectivity index (χ3n) is 2.93. The third kappa shape index (κ3) is 5.30. The van der Waals surface area contributed by atoms with E-state index in [9.17, 15) is 9.59 Å².